The van der Waals surface area contributed by atoms with Gasteiger partial charge in [-0.3, -0.25) is 14.4 Å². The van der Waals surface area contributed by atoms with Crippen LogP contribution in [-0.4, -0.2) is 30.9 Å². The minimum atomic E-state index is -0.597. The molecule has 0 aliphatic carbocycles. The van der Waals surface area contributed by atoms with Gasteiger partial charge >= 0.3 is 5.97 Å². The lowest BCUT2D eigenvalue weighted by Gasteiger charge is -2.11. The molecule has 0 fully saturated rings. The Morgan fingerprint density at radius 3 is 2.50 bits per heavy atom. The number of ketones is 1. The van der Waals surface area contributed by atoms with Gasteiger partial charge in [-0.25, -0.2) is 0 Å². The van der Waals surface area contributed by atoms with Crippen LogP contribution in [-0.2, 0) is 14.3 Å². The van der Waals surface area contributed by atoms with E-state index in [9.17, 15) is 14.4 Å². The Morgan fingerprint density at radius 1 is 1.07 bits per heavy atom. The van der Waals surface area contributed by atoms with Crippen molar-refractivity contribution in [1.82, 2.24) is 5.32 Å². The van der Waals surface area contributed by atoms with Crippen LogP contribution in [0, 0.1) is 0 Å². The van der Waals surface area contributed by atoms with Crippen LogP contribution in [0.2, 0.25) is 0 Å². The highest BCUT2D eigenvalue weighted by Gasteiger charge is 2.15. The van der Waals surface area contributed by atoms with Gasteiger partial charge in [0.15, 0.2) is 12.4 Å². The van der Waals surface area contributed by atoms with Crippen molar-refractivity contribution < 1.29 is 28.3 Å². The van der Waals surface area contributed by atoms with Crippen molar-refractivity contribution >= 4 is 17.7 Å². The highest BCUT2D eigenvalue weighted by atomic mass is 16.5. The summed E-state index contributed by atoms with van der Waals surface area (Å²) in [5.74, 6) is 0.128. The van der Waals surface area contributed by atoms with Crippen molar-refractivity contribution in [1.29, 1.82) is 0 Å². The van der Waals surface area contributed by atoms with Crippen LogP contribution in [0.1, 0.15) is 68.1 Å². The number of carbonyl (C=O) groups excluding carboxylic acids is 3. The normalized spacial score (nSPS) is 11.5. The lowest BCUT2D eigenvalue weighted by Crippen LogP contribution is -2.31. The zero-order chi connectivity index (χ0) is 21.8. The van der Waals surface area contributed by atoms with E-state index in [1.54, 1.807) is 43.3 Å². The van der Waals surface area contributed by atoms with Gasteiger partial charge < -0.3 is 19.2 Å². The van der Waals surface area contributed by atoms with Crippen LogP contribution in [0.15, 0.2) is 47.1 Å². The molecular weight excluding hydrogens is 386 g/mol. The molecule has 1 atom stereocenters. The van der Waals surface area contributed by atoms with Gasteiger partial charge in [0.1, 0.15) is 11.5 Å². The van der Waals surface area contributed by atoms with E-state index in [0.29, 0.717) is 17.9 Å². The molecular formula is C23H29NO6. The van der Waals surface area contributed by atoms with Crippen LogP contribution in [0.5, 0.6) is 5.75 Å². The van der Waals surface area contributed by atoms with Gasteiger partial charge in [0.2, 0.25) is 0 Å². The largest absolute Gasteiger partial charge is 0.494 e. The monoisotopic (exact) mass is 415 g/mol. The number of esters is 1. The minimum absolute atomic E-state index is 0.0138. The molecule has 2 rings (SSSR count). The van der Waals surface area contributed by atoms with E-state index in [1.165, 1.54) is 6.26 Å². The number of amides is 1. The van der Waals surface area contributed by atoms with E-state index in [1.807, 2.05) is 0 Å². The second-order valence-electron chi connectivity index (χ2n) is 6.97. The lowest BCUT2D eigenvalue weighted by molar-refractivity contribution is -0.148. The maximum Gasteiger partial charge on any atom is 0.306 e. The number of hydrogen-bond donors (Lipinski definition) is 1. The van der Waals surface area contributed by atoms with E-state index in [2.05, 4.69) is 12.2 Å². The first kappa shape index (κ1) is 23.2. The Bertz CT molecular complexity index is 798. The molecule has 0 aliphatic rings. The third kappa shape index (κ3) is 8.11. The number of hydrogen-bond acceptors (Lipinski definition) is 6. The highest BCUT2D eigenvalue weighted by Crippen LogP contribution is 2.15. The van der Waals surface area contributed by atoms with E-state index in [-0.39, 0.29) is 24.7 Å². The summed E-state index contributed by atoms with van der Waals surface area (Å²) < 4.78 is 15.8. The fourth-order valence-electron chi connectivity index (χ4n) is 2.75. The number of nitrogens with one attached hydrogen (secondary N) is 1. The summed E-state index contributed by atoms with van der Waals surface area (Å²) in [4.78, 5) is 35.9. The van der Waals surface area contributed by atoms with Gasteiger partial charge in [-0.2, -0.15) is 0 Å². The maximum absolute atomic E-state index is 12.2. The minimum Gasteiger partial charge on any atom is -0.494 e. The van der Waals surface area contributed by atoms with Gasteiger partial charge in [0, 0.05) is 12.0 Å². The molecule has 0 aliphatic heterocycles. The molecule has 7 nitrogen and oxygen atoms in total. The molecule has 7 heteroatoms. The fourth-order valence-corrected chi connectivity index (χ4v) is 2.75. The van der Waals surface area contributed by atoms with Crippen LogP contribution < -0.4 is 10.1 Å². The van der Waals surface area contributed by atoms with Gasteiger partial charge in [0.25, 0.3) is 5.91 Å². The molecule has 0 saturated carbocycles. The second-order valence-corrected chi connectivity index (χ2v) is 6.97. The molecule has 1 amide bonds. The number of carbonyl (C=O) groups is 3. The number of furan rings is 1. The zero-order valence-electron chi connectivity index (χ0n) is 17.5. The maximum atomic E-state index is 12.2. The summed E-state index contributed by atoms with van der Waals surface area (Å²) in [6.07, 6.45) is 4.70. The number of unbranched alkanes of at least 4 members (excludes halogenated alkanes) is 2. The quantitative estimate of drug-likeness (QED) is 0.299. The lowest BCUT2D eigenvalue weighted by atomic mass is 10.1. The topological polar surface area (TPSA) is 94.8 Å². The Hall–Kier alpha value is -3.09. The Labute approximate surface area is 176 Å². The number of Topliss-reactive ketones (excluding diaryl/α,β-unsaturated/α-hetero) is 1. The van der Waals surface area contributed by atoms with Crippen LogP contribution >= 0.6 is 0 Å². The van der Waals surface area contributed by atoms with E-state index >= 15 is 0 Å². The molecule has 162 valence electrons. The third-order valence-electron chi connectivity index (χ3n) is 4.46. The summed E-state index contributed by atoms with van der Waals surface area (Å²) in [5.41, 5.74) is 0.508. The summed E-state index contributed by atoms with van der Waals surface area (Å²) in [7, 11) is 0. The van der Waals surface area contributed by atoms with E-state index in [4.69, 9.17) is 13.9 Å². The van der Waals surface area contributed by atoms with Crippen molar-refractivity contribution in [3.63, 3.8) is 0 Å². The van der Waals surface area contributed by atoms with E-state index in [0.717, 1.165) is 25.0 Å². The average molecular weight is 415 g/mol. The number of benzene rings is 1. The van der Waals surface area contributed by atoms with Gasteiger partial charge in [0.05, 0.1) is 25.3 Å². The Morgan fingerprint density at radius 2 is 1.83 bits per heavy atom. The third-order valence-corrected chi connectivity index (χ3v) is 4.46. The Kier molecular flexibility index (Phi) is 9.64. The predicted molar refractivity (Wildman–Crippen MR) is 111 cm³/mol. The van der Waals surface area contributed by atoms with Crippen molar-refractivity contribution in [3.05, 3.63) is 54.0 Å². The smallest absolute Gasteiger partial charge is 0.306 e. The second kappa shape index (κ2) is 12.5. The summed E-state index contributed by atoms with van der Waals surface area (Å²) in [5, 5.41) is 2.67. The number of rotatable bonds is 13. The molecule has 30 heavy (non-hydrogen) atoms. The summed E-state index contributed by atoms with van der Waals surface area (Å²) >= 11 is 0. The predicted octanol–water partition coefficient (Wildman–Crippen LogP) is 4.23. The molecule has 1 heterocycles. The van der Waals surface area contributed by atoms with Gasteiger partial charge in [-0.05, 0) is 49.7 Å². The van der Waals surface area contributed by atoms with Crippen LogP contribution in [0.4, 0.5) is 0 Å². The molecule has 0 radical (unpaired) electrons. The first-order valence-corrected chi connectivity index (χ1v) is 10.2. The van der Waals surface area contributed by atoms with Crippen LogP contribution in [0.3, 0.4) is 0 Å². The molecule has 0 spiro atoms. The van der Waals surface area contributed by atoms with Crippen molar-refractivity contribution in [3.8, 4) is 5.75 Å². The molecule has 0 saturated heterocycles. The Balaban J connectivity index is 1.66. The van der Waals surface area contributed by atoms with Crippen molar-refractivity contribution in [2.45, 2.75) is 52.0 Å². The first-order chi connectivity index (χ1) is 14.5. The highest BCUT2D eigenvalue weighted by molar-refractivity contribution is 5.97. The summed E-state index contributed by atoms with van der Waals surface area (Å²) in [6, 6.07) is 10.0. The SMILES string of the molecule is CCCCCOc1ccc(C(=O)CCC(=O)OCC(=O)NC(C)c2ccco2)cc1. The zero-order valence-corrected chi connectivity index (χ0v) is 17.5. The molecule has 1 unspecified atom stereocenters. The van der Waals surface area contributed by atoms with Crippen molar-refractivity contribution in [2.24, 2.45) is 0 Å². The first-order valence-electron chi connectivity index (χ1n) is 10.2. The fraction of sp³-hybridized carbons (Fsp3) is 0.435. The average Bonchev–Trinajstić information content (AvgIpc) is 3.29. The standard InChI is InChI=1S/C23H29NO6/c1-3-4-5-14-28-19-10-8-18(9-11-19)20(25)12-13-23(27)30-16-22(26)24-17(2)21-7-6-15-29-21/h6-11,15,17H,3-5,12-14,16H2,1-2H3,(H,24,26). The summed E-state index contributed by atoms with van der Waals surface area (Å²) in [6.45, 7) is 4.15. The van der Waals surface area contributed by atoms with E-state index < -0.39 is 18.5 Å². The molecule has 1 aromatic heterocycles. The van der Waals surface area contributed by atoms with Crippen LogP contribution in [0.25, 0.3) is 0 Å². The molecule has 0 bridgehead atoms. The molecule has 1 aromatic carbocycles. The molecule has 1 N–H and O–H groups in total. The van der Waals surface area contributed by atoms with Gasteiger partial charge in [-0.1, -0.05) is 19.8 Å². The van der Waals surface area contributed by atoms with Crippen molar-refractivity contribution in [2.75, 3.05) is 13.2 Å². The van der Waals surface area contributed by atoms with Gasteiger partial charge in [-0.15, -0.1) is 0 Å². The molecule has 2 aromatic rings. The number of ether oxygens (including phenoxy) is 2.